The summed E-state index contributed by atoms with van der Waals surface area (Å²) in [6.45, 7) is 0. The molecule has 1 aromatic rings. The number of hydrogen-bond acceptors (Lipinski definition) is 2. The molecule has 2 nitrogen and oxygen atoms in total. The zero-order chi connectivity index (χ0) is 16.3. The summed E-state index contributed by atoms with van der Waals surface area (Å²) in [5.41, 5.74) is 0.868. The number of aliphatic hydroxyl groups excluding tert-OH is 1. The number of hydrogen-bond donors (Lipinski definition) is 1. The molecule has 124 valence electrons. The van der Waals surface area contributed by atoms with Crippen LogP contribution in [0.15, 0.2) is 40.6 Å². The van der Waals surface area contributed by atoms with E-state index in [1.165, 1.54) is 18.4 Å². The molecule has 2 aliphatic rings. The van der Waals surface area contributed by atoms with Gasteiger partial charge in [-0.2, -0.15) is 0 Å². The predicted molar refractivity (Wildman–Crippen MR) is 96.4 cm³/mol. The molecular weight excluding hydrogens is 352 g/mol. The quantitative estimate of drug-likeness (QED) is 0.524. The second kappa shape index (κ2) is 7.21. The fourth-order valence-corrected chi connectivity index (χ4v) is 4.62. The van der Waals surface area contributed by atoms with Gasteiger partial charge in [0.25, 0.3) is 0 Å². The number of halogens is 1. The van der Waals surface area contributed by atoms with Gasteiger partial charge in [-0.25, -0.2) is 0 Å². The molecule has 0 aromatic heterocycles. The predicted octanol–water partition coefficient (Wildman–Crippen LogP) is 5.75. The minimum atomic E-state index is -0.323. The van der Waals surface area contributed by atoms with Crippen LogP contribution in [0.1, 0.15) is 56.9 Å². The fourth-order valence-electron chi connectivity index (χ4n) is 4.20. The van der Waals surface area contributed by atoms with Crippen LogP contribution in [0.25, 0.3) is 0 Å². The minimum Gasteiger partial charge on any atom is -0.512 e. The maximum Gasteiger partial charge on any atom is 0.165 e. The summed E-state index contributed by atoms with van der Waals surface area (Å²) in [4.78, 5) is 13.0. The van der Waals surface area contributed by atoms with Crippen molar-refractivity contribution >= 4 is 21.7 Å². The zero-order valence-electron chi connectivity index (χ0n) is 13.6. The second-order valence-electron chi connectivity index (χ2n) is 7.17. The lowest BCUT2D eigenvalue weighted by Gasteiger charge is -2.27. The highest BCUT2D eigenvalue weighted by atomic mass is 79.9. The molecule has 0 bridgehead atoms. The topological polar surface area (TPSA) is 37.3 Å². The van der Waals surface area contributed by atoms with Crippen molar-refractivity contribution in [2.24, 2.45) is 11.3 Å². The van der Waals surface area contributed by atoms with Gasteiger partial charge in [-0.15, -0.1) is 0 Å². The average Bonchev–Trinajstić information content (AvgIpc) is 3.21. The Morgan fingerprint density at radius 3 is 2.48 bits per heavy atom. The Morgan fingerprint density at radius 1 is 1.17 bits per heavy atom. The van der Waals surface area contributed by atoms with Gasteiger partial charge in [0.2, 0.25) is 0 Å². The smallest absolute Gasteiger partial charge is 0.165 e. The third kappa shape index (κ3) is 3.71. The second-order valence-corrected chi connectivity index (χ2v) is 8.02. The van der Waals surface area contributed by atoms with Crippen LogP contribution in [0.4, 0.5) is 0 Å². The van der Waals surface area contributed by atoms with Crippen molar-refractivity contribution in [1.82, 2.24) is 0 Å². The Bertz CT molecular complexity index is 593. The number of ketones is 1. The third-order valence-corrected chi connectivity index (χ3v) is 6.40. The summed E-state index contributed by atoms with van der Waals surface area (Å²) in [5.74, 6) is 0.668. The number of carbonyl (C=O) groups excluding carboxylic acids is 1. The van der Waals surface area contributed by atoms with E-state index in [2.05, 4.69) is 22.0 Å². The lowest BCUT2D eigenvalue weighted by atomic mass is 9.76. The summed E-state index contributed by atoms with van der Waals surface area (Å²) in [6.07, 6.45) is 10.8. The van der Waals surface area contributed by atoms with Crippen LogP contribution in [-0.4, -0.2) is 10.9 Å². The monoisotopic (exact) mass is 376 g/mol. The summed E-state index contributed by atoms with van der Waals surface area (Å²) in [5, 5.41) is 10.3. The maximum atomic E-state index is 13.0. The van der Waals surface area contributed by atoms with Crippen molar-refractivity contribution in [3.63, 3.8) is 0 Å². The highest BCUT2D eigenvalue weighted by molar-refractivity contribution is 9.10. The van der Waals surface area contributed by atoms with Gasteiger partial charge in [0.1, 0.15) is 0 Å². The molecule has 1 N–H and O–H groups in total. The van der Waals surface area contributed by atoms with Gasteiger partial charge in [-0.05, 0) is 43.7 Å². The molecule has 3 heteroatoms. The van der Waals surface area contributed by atoms with Crippen LogP contribution in [0, 0.1) is 11.3 Å². The first-order valence-electron chi connectivity index (χ1n) is 8.79. The van der Waals surface area contributed by atoms with Crippen molar-refractivity contribution < 1.29 is 9.90 Å². The standard InChI is InChI=1S/C20H25BrO2/c21-17-10-4-3-9-16(17)14-20(11-5-6-12-20)19(23)13-18(22)15-7-1-2-8-15/h3-4,9-10,13,15,22H,1-2,5-8,11-12,14H2/b18-13-. The van der Waals surface area contributed by atoms with E-state index < -0.39 is 0 Å². The first-order chi connectivity index (χ1) is 11.1. The molecular formula is C20H25BrO2. The highest BCUT2D eigenvalue weighted by Gasteiger charge is 2.40. The van der Waals surface area contributed by atoms with E-state index in [0.717, 1.165) is 49.4 Å². The molecule has 0 amide bonds. The number of benzene rings is 1. The zero-order valence-corrected chi connectivity index (χ0v) is 15.1. The highest BCUT2D eigenvalue weighted by Crippen LogP contribution is 2.43. The molecule has 2 fully saturated rings. The van der Waals surface area contributed by atoms with E-state index in [0.29, 0.717) is 5.76 Å². The molecule has 0 aliphatic heterocycles. The Labute approximate surface area is 147 Å². The average molecular weight is 377 g/mol. The van der Waals surface area contributed by atoms with E-state index in [9.17, 15) is 9.90 Å². The largest absolute Gasteiger partial charge is 0.512 e. The van der Waals surface area contributed by atoms with E-state index in [1.807, 2.05) is 18.2 Å². The molecule has 0 spiro atoms. The molecule has 3 rings (SSSR count). The van der Waals surface area contributed by atoms with E-state index in [-0.39, 0.29) is 17.1 Å². The van der Waals surface area contributed by atoms with Crippen LogP contribution in [0.3, 0.4) is 0 Å². The fraction of sp³-hybridized carbons (Fsp3) is 0.550. The Kier molecular flexibility index (Phi) is 5.25. The van der Waals surface area contributed by atoms with E-state index >= 15 is 0 Å². The van der Waals surface area contributed by atoms with Gasteiger partial charge >= 0.3 is 0 Å². The lowest BCUT2D eigenvalue weighted by molar-refractivity contribution is -0.123. The molecule has 0 heterocycles. The van der Waals surface area contributed by atoms with Gasteiger partial charge in [0.05, 0.1) is 5.76 Å². The Morgan fingerprint density at radius 2 is 1.83 bits per heavy atom. The molecule has 0 radical (unpaired) electrons. The number of aliphatic hydroxyl groups is 1. The first kappa shape index (κ1) is 16.8. The van der Waals surface area contributed by atoms with Crippen LogP contribution < -0.4 is 0 Å². The summed E-state index contributed by atoms with van der Waals surface area (Å²) < 4.78 is 1.07. The van der Waals surface area contributed by atoms with Crippen molar-refractivity contribution in [3.05, 3.63) is 46.1 Å². The van der Waals surface area contributed by atoms with Crippen molar-refractivity contribution in [2.45, 2.75) is 57.8 Å². The molecule has 0 atom stereocenters. The summed E-state index contributed by atoms with van der Waals surface area (Å²) >= 11 is 3.61. The molecule has 2 saturated carbocycles. The molecule has 1 aromatic carbocycles. The minimum absolute atomic E-state index is 0.134. The molecule has 23 heavy (non-hydrogen) atoms. The van der Waals surface area contributed by atoms with Gasteiger partial charge in [-0.3, -0.25) is 4.79 Å². The Hall–Kier alpha value is -1.09. The van der Waals surface area contributed by atoms with Crippen LogP contribution in [0.2, 0.25) is 0 Å². The van der Waals surface area contributed by atoms with E-state index in [1.54, 1.807) is 6.08 Å². The first-order valence-corrected chi connectivity index (χ1v) is 9.58. The number of rotatable bonds is 5. The molecule has 0 saturated heterocycles. The van der Waals surface area contributed by atoms with Crippen LogP contribution >= 0.6 is 15.9 Å². The van der Waals surface area contributed by atoms with Crippen molar-refractivity contribution in [2.75, 3.05) is 0 Å². The van der Waals surface area contributed by atoms with E-state index in [4.69, 9.17) is 0 Å². The summed E-state index contributed by atoms with van der Waals surface area (Å²) in [7, 11) is 0. The Balaban J connectivity index is 1.81. The van der Waals surface area contributed by atoms with Crippen molar-refractivity contribution in [1.29, 1.82) is 0 Å². The maximum absolute atomic E-state index is 13.0. The summed E-state index contributed by atoms with van der Waals surface area (Å²) in [6, 6.07) is 8.16. The molecule has 0 unspecified atom stereocenters. The molecule has 2 aliphatic carbocycles. The van der Waals surface area contributed by atoms with Gasteiger partial charge in [-0.1, -0.05) is 59.8 Å². The third-order valence-electron chi connectivity index (χ3n) is 5.62. The van der Waals surface area contributed by atoms with Crippen LogP contribution in [-0.2, 0) is 11.2 Å². The normalized spacial score (nSPS) is 21.7. The van der Waals surface area contributed by atoms with Crippen molar-refractivity contribution in [3.8, 4) is 0 Å². The van der Waals surface area contributed by atoms with Crippen LogP contribution in [0.5, 0.6) is 0 Å². The number of allylic oxidation sites excluding steroid dienone is 2. The van der Waals surface area contributed by atoms with Gasteiger partial charge in [0.15, 0.2) is 5.78 Å². The van der Waals surface area contributed by atoms with Gasteiger partial charge < -0.3 is 5.11 Å². The lowest BCUT2D eigenvalue weighted by Crippen LogP contribution is -2.30. The van der Waals surface area contributed by atoms with Gasteiger partial charge in [0, 0.05) is 21.9 Å². The SMILES string of the molecule is O=C(/C=C(\O)C1CCCC1)C1(Cc2ccccc2Br)CCCC1. The number of carbonyl (C=O) groups is 1.